The van der Waals surface area contributed by atoms with Crippen molar-refractivity contribution < 1.29 is 17.9 Å². The molecule has 0 aliphatic heterocycles. The molecule has 0 bridgehead atoms. The molecule has 2 heterocycles. The zero-order valence-corrected chi connectivity index (χ0v) is 16.1. The Bertz CT molecular complexity index is 1270. The molecular weight excluding hydrogens is 397 g/mol. The van der Waals surface area contributed by atoms with E-state index in [1.165, 1.54) is 15.4 Å². The lowest BCUT2D eigenvalue weighted by Gasteiger charge is -2.18. The molecule has 0 aliphatic rings. The predicted octanol–water partition coefficient (Wildman–Crippen LogP) is 3.87. The van der Waals surface area contributed by atoms with Crippen molar-refractivity contribution in [3.63, 3.8) is 0 Å². The molecule has 0 saturated heterocycles. The number of hydrogen-bond acceptors (Lipinski definition) is 3. The average molecular weight is 414 g/mol. The van der Waals surface area contributed by atoms with E-state index in [1.54, 1.807) is 25.2 Å². The van der Waals surface area contributed by atoms with Gasteiger partial charge in [-0.1, -0.05) is 18.2 Å². The lowest BCUT2D eigenvalue weighted by atomic mass is 10.1. The summed E-state index contributed by atoms with van der Waals surface area (Å²) in [5.41, 5.74) is 2.45. The number of H-pyrrole nitrogens is 1. The lowest BCUT2D eigenvalue weighted by Crippen LogP contribution is -2.40. The van der Waals surface area contributed by atoms with Gasteiger partial charge in [0, 0.05) is 24.2 Å². The molecule has 0 amide bonds. The van der Waals surface area contributed by atoms with E-state index in [1.807, 2.05) is 19.1 Å². The van der Waals surface area contributed by atoms with Crippen molar-refractivity contribution >= 4 is 0 Å². The fraction of sp³-hybridized carbons (Fsp3) is 0.143. The minimum absolute atomic E-state index is 0.0897. The van der Waals surface area contributed by atoms with Gasteiger partial charge in [0.2, 0.25) is 5.88 Å². The zero-order valence-electron chi connectivity index (χ0n) is 16.1. The van der Waals surface area contributed by atoms with E-state index in [2.05, 4.69) is 10.2 Å². The minimum atomic E-state index is -1.53. The van der Waals surface area contributed by atoms with Gasteiger partial charge in [-0.3, -0.25) is 0 Å². The number of hydrogen-bond donors (Lipinski definition) is 1. The molecule has 4 rings (SSSR count). The highest BCUT2D eigenvalue weighted by molar-refractivity contribution is 5.60. The Hall–Kier alpha value is -3.75. The molecule has 2 aromatic carbocycles. The maximum atomic E-state index is 13.5. The van der Waals surface area contributed by atoms with Crippen LogP contribution < -0.4 is 10.4 Å². The first-order valence-electron chi connectivity index (χ1n) is 9.02. The van der Waals surface area contributed by atoms with Crippen LogP contribution in [0.5, 0.6) is 5.88 Å². The molecule has 2 aromatic heterocycles. The third kappa shape index (κ3) is 3.49. The number of pyridine rings is 1. The molecule has 6 nitrogen and oxygen atoms in total. The number of rotatable bonds is 5. The smallest absolute Gasteiger partial charge is 0.364 e. The molecule has 154 valence electrons. The fourth-order valence-corrected chi connectivity index (χ4v) is 3.09. The molecular formula is C21H17F3N4O2. The van der Waals surface area contributed by atoms with Crippen molar-refractivity contribution in [2.24, 2.45) is 7.05 Å². The van der Waals surface area contributed by atoms with Crippen molar-refractivity contribution in [2.75, 3.05) is 0 Å². The lowest BCUT2D eigenvalue weighted by molar-refractivity contribution is 0.292. The van der Waals surface area contributed by atoms with Gasteiger partial charge >= 0.3 is 5.69 Å². The molecule has 4 aromatic rings. The van der Waals surface area contributed by atoms with E-state index in [0.29, 0.717) is 5.69 Å². The highest BCUT2D eigenvalue weighted by Gasteiger charge is 2.15. The summed E-state index contributed by atoms with van der Waals surface area (Å²) in [5, 5.41) is 2.86. The van der Waals surface area contributed by atoms with Gasteiger partial charge in [0.05, 0.1) is 11.4 Å². The van der Waals surface area contributed by atoms with Crippen LogP contribution in [0.15, 0.2) is 53.3 Å². The van der Waals surface area contributed by atoms with Crippen molar-refractivity contribution in [1.82, 2.24) is 19.6 Å². The van der Waals surface area contributed by atoms with Crippen LogP contribution in [0.1, 0.15) is 11.1 Å². The highest BCUT2D eigenvalue weighted by atomic mass is 19.2. The largest absolute Gasteiger partial charge is 0.473 e. The Balaban J connectivity index is 1.61. The highest BCUT2D eigenvalue weighted by Crippen LogP contribution is 2.25. The number of aryl methyl sites for hydroxylation is 2. The number of nitrogens with zero attached hydrogens (tertiary/aromatic N) is 3. The number of aromatic amines is 1. The molecule has 0 saturated carbocycles. The molecule has 0 aliphatic carbocycles. The normalized spacial score (nSPS) is 11.1. The Morgan fingerprint density at radius 3 is 2.43 bits per heavy atom. The molecule has 9 heteroatoms. The maximum Gasteiger partial charge on any atom is 0.364 e. The summed E-state index contributed by atoms with van der Waals surface area (Å²) in [6, 6.07) is 12.0. The van der Waals surface area contributed by atoms with Crippen molar-refractivity contribution in [3.8, 4) is 22.8 Å². The van der Waals surface area contributed by atoms with Crippen LogP contribution in [0.25, 0.3) is 16.9 Å². The van der Waals surface area contributed by atoms with Crippen LogP contribution in [-0.4, -0.2) is 19.6 Å². The third-order valence-electron chi connectivity index (χ3n) is 4.72. The molecule has 0 spiro atoms. The van der Waals surface area contributed by atoms with E-state index >= 15 is 0 Å². The summed E-state index contributed by atoms with van der Waals surface area (Å²) in [7, 11) is 1.61. The van der Waals surface area contributed by atoms with Gasteiger partial charge in [0.1, 0.15) is 6.61 Å². The van der Waals surface area contributed by atoms with E-state index in [-0.39, 0.29) is 29.4 Å². The van der Waals surface area contributed by atoms with Gasteiger partial charge in [-0.2, -0.15) is 4.68 Å². The summed E-state index contributed by atoms with van der Waals surface area (Å²) in [6.45, 7) is 2.00. The topological polar surface area (TPSA) is 64.8 Å². The first-order chi connectivity index (χ1) is 14.3. The quantitative estimate of drug-likeness (QED) is 0.504. The summed E-state index contributed by atoms with van der Waals surface area (Å²) in [6.07, 6.45) is 0. The number of ether oxygens (including phenoxy) is 1. The molecule has 0 unspecified atom stereocenters. The van der Waals surface area contributed by atoms with Crippen molar-refractivity contribution in [1.29, 1.82) is 0 Å². The molecule has 1 N–H and O–H groups in total. The van der Waals surface area contributed by atoms with Gasteiger partial charge in [-0.05, 0) is 36.8 Å². The van der Waals surface area contributed by atoms with Crippen molar-refractivity contribution in [3.05, 3.63) is 87.6 Å². The number of nitrogens with one attached hydrogen (secondary N) is 1. The van der Waals surface area contributed by atoms with E-state index in [9.17, 15) is 18.0 Å². The van der Waals surface area contributed by atoms with Crippen LogP contribution in [0, 0.1) is 24.4 Å². The molecule has 0 fully saturated rings. The van der Waals surface area contributed by atoms with Gasteiger partial charge in [0.25, 0.3) is 0 Å². The van der Waals surface area contributed by atoms with E-state index in [4.69, 9.17) is 4.74 Å². The number of aromatic nitrogens is 4. The first kappa shape index (κ1) is 19.6. The van der Waals surface area contributed by atoms with Crippen LogP contribution in [-0.2, 0) is 13.7 Å². The second-order valence-corrected chi connectivity index (χ2v) is 6.75. The monoisotopic (exact) mass is 414 g/mol. The van der Waals surface area contributed by atoms with E-state index < -0.39 is 17.5 Å². The summed E-state index contributed by atoms with van der Waals surface area (Å²) < 4.78 is 48.8. The Kier molecular flexibility index (Phi) is 4.94. The zero-order chi connectivity index (χ0) is 21.4. The average Bonchev–Trinajstić information content (AvgIpc) is 2.74. The summed E-state index contributed by atoms with van der Waals surface area (Å²) in [5.74, 6) is -3.90. The Morgan fingerprint density at radius 2 is 1.77 bits per heavy atom. The second-order valence-electron chi connectivity index (χ2n) is 6.75. The van der Waals surface area contributed by atoms with Crippen LogP contribution in [0.2, 0.25) is 0 Å². The standard InChI is InChI=1S/C21H17F3N4O2/c1-12-5-3-7-18(28-21(29)27(2)26-28)14(12)11-30-19-8-4-6-17(25-19)13-9-15(22)20(24)16(23)10-13/h3-10,26H,11H2,1-2H3. The van der Waals surface area contributed by atoms with Crippen LogP contribution in [0.4, 0.5) is 13.2 Å². The van der Waals surface area contributed by atoms with Crippen molar-refractivity contribution in [2.45, 2.75) is 13.5 Å². The number of halogens is 3. The second kappa shape index (κ2) is 7.58. The third-order valence-corrected chi connectivity index (χ3v) is 4.72. The molecule has 30 heavy (non-hydrogen) atoms. The maximum absolute atomic E-state index is 13.5. The van der Waals surface area contributed by atoms with E-state index in [0.717, 1.165) is 23.3 Å². The number of benzene rings is 2. The SMILES string of the molecule is Cc1cccc(-n2[nH]n(C)c2=O)c1COc1cccc(-c2cc(F)c(F)c(F)c2)n1. The molecule has 0 radical (unpaired) electrons. The van der Waals surface area contributed by atoms with Gasteiger partial charge in [-0.25, -0.2) is 32.8 Å². The minimum Gasteiger partial charge on any atom is -0.473 e. The van der Waals surface area contributed by atoms with Crippen LogP contribution in [0.3, 0.4) is 0 Å². The summed E-state index contributed by atoms with van der Waals surface area (Å²) >= 11 is 0. The predicted molar refractivity (Wildman–Crippen MR) is 104 cm³/mol. The van der Waals surface area contributed by atoms with Gasteiger partial charge in [-0.15, -0.1) is 0 Å². The Morgan fingerprint density at radius 1 is 1.07 bits per heavy atom. The first-order valence-corrected chi connectivity index (χ1v) is 9.02. The fourth-order valence-electron chi connectivity index (χ4n) is 3.09. The summed E-state index contributed by atoms with van der Waals surface area (Å²) in [4.78, 5) is 16.3. The van der Waals surface area contributed by atoms with Gasteiger partial charge < -0.3 is 4.74 Å². The molecule has 0 atom stereocenters. The Labute approximate surface area is 169 Å². The van der Waals surface area contributed by atoms with Gasteiger partial charge in [0.15, 0.2) is 17.5 Å². The van der Waals surface area contributed by atoms with Crippen LogP contribution >= 0.6 is 0 Å².